The van der Waals surface area contributed by atoms with E-state index in [-0.39, 0.29) is 5.91 Å². The molecule has 0 atom stereocenters. The molecule has 0 fully saturated rings. The molecule has 3 aromatic rings. The number of thiophene rings is 1. The molecule has 126 valence electrons. The standard InChI is InChI=1S/C19H18N4OS/c1-20-16-10-6-7-11-17(16)23(2)15-12-18(25-13-15)19(24)22-21-14-8-4-3-5-9-14/h3-13,21H,1H2,2H3,(H,22,24). The molecule has 0 unspecified atom stereocenters. The number of nitrogens with zero attached hydrogens (tertiary/aromatic N) is 2. The molecule has 1 aromatic heterocycles. The Bertz CT molecular complexity index is 876. The van der Waals surface area contributed by atoms with Gasteiger partial charge in [-0.25, -0.2) is 0 Å². The van der Waals surface area contributed by atoms with E-state index in [4.69, 9.17) is 0 Å². The molecule has 0 aliphatic heterocycles. The lowest BCUT2D eigenvalue weighted by atomic mass is 10.2. The first-order valence-electron chi connectivity index (χ1n) is 7.68. The van der Waals surface area contributed by atoms with E-state index >= 15 is 0 Å². The zero-order valence-corrected chi connectivity index (χ0v) is 14.6. The molecule has 6 heteroatoms. The fourth-order valence-corrected chi connectivity index (χ4v) is 3.17. The molecule has 0 saturated carbocycles. The van der Waals surface area contributed by atoms with Gasteiger partial charge in [-0.3, -0.25) is 20.6 Å². The Morgan fingerprint density at radius 2 is 1.84 bits per heavy atom. The van der Waals surface area contributed by atoms with Gasteiger partial charge in [-0.1, -0.05) is 30.3 Å². The number of para-hydroxylation sites is 3. The third-order valence-corrected chi connectivity index (χ3v) is 4.62. The SMILES string of the molecule is C=Nc1ccccc1N(C)c1csc(C(=O)NNc2ccccc2)c1. The van der Waals surface area contributed by atoms with Crippen molar-refractivity contribution in [3.05, 3.63) is 70.9 Å². The van der Waals surface area contributed by atoms with E-state index in [1.54, 1.807) is 0 Å². The number of nitrogens with one attached hydrogen (secondary N) is 2. The summed E-state index contributed by atoms with van der Waals surface area (Å²) in [4.78, 5) is 19.0. The van der Waals surface area contributed by atoms with Crippen LogP contribution in [0, 0.1) is 0 Å². The van der Waals surface area contributed by atoms with Crippen LogP contribution in [0.25, 0.3) is 0 Å². The summed E-state index contributed by atoms with van der Waals surface area (Å²) in [5.41, 5.74) is 9.09. The van der Waals surface area contributed by atoms with E-state index in [0.29, 0.717) is 4.88 Å². The topological polar surface area (TPSA) is 56.7 Å². The lowest BCUT2D eigenvalue weighted by Crippen LogP contribution is -2.28. The second-order valence-corrected chi connectivity index (χ2v) is 6.23. The highest BCUT2D eigenvalue weighted by Crippen LogP contribution is 2.34. The predicted molar refractivity (Wildman–Crippen MR) is 106 cm³/mol. The van der Waals surface area contributed by atoms with Gasteiger partial charge >= 0.3 is 0 Å². The van der Waals surface area contributed by atoms with Crippen molar-refractivity contribution in [1.29, 1.82) is 0 Å². The van der Waals surface area contributed by atoms with Crippen molar-refractivity contribution in [1.82, 2.24) is 5.43 Å². The molecular formula is C19H18N4OS. The van der Waals surface area contributed by atoms with Crippen molar-refractivity contribution in [2.24, 2.45) is 4.99 Å². The number of carbonyl (C=O) groups is 1. The number of benzene rings is 2. The molecule has 2 aromatic carbocycles. The molecule has 3 rings (SSSR count). The first-order chi connectivity index (χ1) is 12.2. The first kappa shape index (κ1) is 16.7. The Morgan fingerprint density at radius 3 is 2.60 bits per heavy atom. The summed E-state index contributed by atoms with van der Waals surface area (Å²) in [6.45, 7) is 3.61. The maximum absolute atomic E-state index is 12.3. The fraction of sp³-hybridized carbons (Fsp3) is 0.0526. The lowest BCUT2D eigenvalue weighted by Gasteiger charge is -2.19. The molecule has 5 nitrogen and oxygen atoms in total. The number of hydrogen-bond acceptors (Lipinski definition) is 5. The monoisotopic (exact) mass is 350 g/mol. The Morgan fingerprint density at radius 1 is 1.12 bits per heavy atom. The highest BCUT2D eigenvalue weighted by molar-refractivity contribution is 7.12. The molecule has 1 amide bonds. The van der Waals surface area contributed by atoms with Crippen molar-refractivity contribution in [3.63, 3.8) is 0 Å². The van der Waals surface area contributed by atoms with Crippen LogP contribution in [0.4, 0.5) is 22.7 Å². The van der Waals surface area contributed by atoms with Gasteiger partial charge in [0.25, 0.3) is 5.91 Å². The minimum absolute atomic E-state index is 0.177. The van der Waals surface area contributed by atoms with Crippen molar-refractivity contribution in [2.75, 3.05) is 17.4 Å². The van der Waals surface area contributed by atoms with Gasteiger partial charge in [0.15, 0.2) is 0 Å². The van der Waals surface area contributed by atoms with Gasteiger partial charge in [-0.15, -0.1) is 11.3 Å². The Labute approximate surface area is 150 Å². The van der Waals surface area contributed by atoms with Crippen molar-refractivity contribution in [2.45, 2.75) is 0 Å². The van der Waals surface area contributed by atoms with E-state index in [1.807, 2.05) is 78.0 Å². The maximum Gasteiger partial charge on any atom is 0.279 e. The van der Waals surface area contributed by atoms with Crippen LogP contribution < -0.4 is 15.8 Å². The molecular weight excluding hydrogens is 332 g/mol. The van der Waals surface area contributed by atoms with Gasteiger partial charge < -0.3 is 4.90 Å². The van der Waals surface area contributed by atoms with E-state index in [9.17, 15) is 4.79 Å². The molecule has 0 bridgehead atoms. The van der Waals surface area contributed by atoms with E-state index < -0.39 is 0 Å². The Balaban J connectivity index is 1.71. The summed E-state index contributed by atoms with van der Waals surface area (Å²) in [5, 5.41) is 1.94. The van der Waals surface area contributed by atoms with Crippen LogP contribution in [0.5, 0.6) is 0 Å². The second kappa shape index (κ2) is 7.63. The van der Waals surface area contributed by atoms with Gasteiger partial charge in [0.05, 0.1) is 27.6 Å². The van der Waals surface area contributed by atoms with E-state index in [2.05, 4.69) is 22.6 Å². The minimum atomic E-state index is -0.177. The molecule has 0 saturated heterocycles. The lowest BCUT2D eigenvalue weighted by molar-refractivity contribution is 0.0966. The summed E-state index contributed by atoms with van der Waals surface area (Å²) in [6, 6.07) is 19.1. The predicted octanol–water partition coefficient (Wildman–Crippen LogP) is 4.61. The molecule has 1 heterocycles. The Hall–Kier alpha value is -3.12. The van der Waals surface area contributed by atoms with Gasteiger partial charge in [0.2, 0.25) is 0 Å². The average Bonchev–Trinajstić information content (AvgIpc) is 3.16. The molecule has 0 spiro atoms. The smallest absolute Gasteiger partial charge is 0.279 e. The fourth-order valence-electron chi connectivity index (χ4n) is 2.35. The van der Waals surface area contributed by atoms with Crippen LogP contribution in [0.15, 0.2) is 71.0 Å². The Kier molecular flexibility index (Phi) is 5.11. The van der Waals surface area contributed by atoms with Crippen LogP contribution >= 0.6 is 11.3 Å². The molecule has 0 radical (unpaired) electrons. The van der Waals surface area contributed by atoms with Crippen molar-refractivity contribution < 1.29 is 4.79 Å². The number of hydrazine groups is 1. The average molecular weight is 350 g/mol. The second-order valence-electron chi connectivity index (χ2n) is 5.32. The molecule has 25 heavy (non-hydrogen) atoms. The number of carbonyl (C=O) groups excluding carboxylic acids is 1. The third kappa shape index (κ3) is 3.87. The van der Waals surface area contributed by atoms with Gasteiger partial charge in [0, 0.05) is 12.4 Å². The summed E-state index contributed by atoms with van der Waals surface area (Å²) < 4.78 is 0. The zero-order valence-electron chi connectivity index (χ0n) is 13.8. The normalized spacial score (nSPS) is 10.1. The molecule has 0 aliphatic carbocycles. The first-order valence-corrected chi connectivity index (χ1v) is 8.56. The number of amides is 1. The van der Waals surface area contributed by atoms with Gasteiger partial charge in [0.1, 0.15) is 0 Å². The molecule has 0 aliphatic rings. The summed E-state index contributed by atoms with van der Waals surface area (Å²) in [6.07, 6.45) is 0. The number of anilines is 3. The quantitative estimate of drug-likeness (QED) is 0.504. The largest absolute Gasteiger partial charge is 0.342 e. The highest BCUT2D eigenvalue weighted by atomic mass is 32.1. The maximum atomic E-state index is 12.3. The van der Waals surface area contributed by atoms with E-state index in [1.165, 1.54) is 11.3 Å². The number of rotatable bonds is 6. The van der Waals surface area contributed by atoms with Crippen molar-refractivity contribution >= 4 is 46.7 Å². The van der Waals surface area contributed by atoms with Crippen molar-refractivity contribution in [3.8, 4) is 0 Å². The summed E-state index contributed by atoms with van der Waals surface area (Å²) in [5.74, 6) is -0.177. The van der Waals surface area contributed by atoms with Gasteiger partial charge in [-0.05, 0) is 37.0 Å². The highest BCUT2D eigenvalue weighted by Gasteiger charge is 2.13. The van der Waals surface area contributed by atoms with Crippen LogP contribution in [0.1, 0.15) is 9.67 Å². The van der Waals surface area contributed by atoms with Crippen LogP contribution in [0.2, 0.25) is 0 Å². The number of aliphatic imine (C=N–C) groups is 1. The van der Waals surface area contributed by atoms with Crippen LogP contribution in [0.3, 0.4) is 0 Å². The minimum Gasteiger partial charge on any atom is -0.342 e. The molecule has 2 N–H and O–H groups in total. The number of hydrogen-bond donors (Lipinski definition) is 2. The summed E-state index contributed by atoms with van der Waals surface area (Å²) in [7, 11) is 1.94. The third-order valence-electron chi connectivity index (χ3n) is 3.70. The zero-order chi connectivity index (χ0) is 17.6. The van der Waals surface area contributed by atoms with E-state index in [0.717, 1.165) is 22.7 Å². The van der Waals surface area contributed by atoms with Crippen LogP contribution in [-0.2, 0) is 0 Å². The van der Waals surface area contributed by atoms with Crippen LogP contribution in [-0.4, -0.2) is 19.7 Å². The van der Waals surface area contributed by atoms with Gasteiger partial charge in [-0.2, -0.15) is 0 Å². The summed E-state index contributed by atoms with van der Waals surface area (Å²) >= 11 is 1.39.